The van der Waals surface area contributed by atoms with Gasteiger partial charge in [0.05, 0.1) is 18.2 Å². The van der Waals surface area contributed by atoms with Gasteiger partial charge in [0.15, 0.2) is 0 Å². The van der Waals surface area contributed by atoms with E-state index in [0.29, 0.717) is 34.0 Å². The van der Waals surface area contributed by atoms with Crippen LogP contribution in [-0.4, -0.2) is 34.3 Å². The van der Waals surface area contributed by atoms with Crippen molar-refractivity contribution in [2.75, 3.05) is 13.2 Å². The number of nitrogens with one attached hydrogen (secondary N) is 1. The number of nitrogens with zero attached hydrogens (tertiary/aromatic N) is 2. The largest absolute Gasteiger partial charge is 0.376 e. The molecule has 1 saturated heterocycles. The highest BCUT2D eigenvalue weighted by Crippen LogP contribution is 2.18. The average molecular weight is 434 g/mol. The Morgan fingerprint density at radius 2 is 2.07 bits per heavy atom. The van der Waals surface area contributed by atoms with Gasteiger partial charge in [-0.05, 0) is 35.9 Å². The van der Waals surface area contributed by atoms with Crippen LogP contribution in [0.5, 0.6) is 0 Å². The third kappa shape index (κ3) is 4.14. The van der Waals surface area contributed by atoms with Gasteiger partial charge in [0.25, 0.3) is 5.56 Å². The van der Waals surface area contributed by atoms with E-state index >= 15 is 0 Å². The molecule has 2 aromatic heterocycles. The van der Waals surface area contributed by atoms with Gasteiger partial charge in [-0.3, -0.25) is 18.7 Å². The molecule has 9 heteroatoms. The maximum atomic E-state index is 13.1. The summed E-state index contributed by atoms with van der Waals surface area (Å²) < 4.78 is 8.42. The van der Waals surface area contributed by atoms with Crippen LogP contribution in [0.15, 0.2) is 45.3 Å². The molecule has 152 valence electrons. The molecule has 0 saturated carbocycles. The van der Waals surface area contributed by atoms with Crippen LogP contribution in [0.3, 0.4) is 0 Å². The highest BCUT2D eigenvalue weighted by atomic mass is 35.5. The molecule has 1 amide bonds. The molecule has 0 spiro atoms. The molecular weight excluding hydrogens is 414 g/mol. The van der Waals surface area contributed by atoms with E-state index in [0.717, 1.165) is 17.4 Å². The highest BCUT2D eigenvalue weighted by Gasteiger charge is 2.19. The first-order valence-electron chi connectivity index (χ1n) is 9.37. The second kappa shape index (κ2) is 8.52. The minimum Gasteiger partial charge on any atom is -0.376 e. The van der Waals surface area contributed by atoms with Gasteiger partial charge in [-0.25, -0.2) is 4.79 Å². The Morgan fingerprint density at radius 3 is 2.83 bits per heavy atom. The van der Waals surface area contributed by atoms with Crippen molar-refractivity contribution in [3.8, 4) is 0 Å². The van der Waals surface area contributed by atoms with E-state index in [9.17, 15) is 14.4 Å². The Balaban J connectivity index is 1.65. The van der Waals surface area contributed by atoms with Crippen LogP contribution in [0.25, 0.3) is 10.2 Å². The molecular formula is C20H20ClN3O4S. The SMILES string of the molecule is O=C(Cn1c(=O)n(Cc2ccccc2Cl)c(=O)c2sccc21)NCC1CCCO1. The van der Waals surface area contributed by atoms with Crippen LogP contribution < -0.4 is 16.6 Å². The van der Waals surface area contributed by atoms with Crippen LogP contribution in [0.2, 0.25) is 5.02 Å². The summed E-state index contributed by atoms with van der Waals surface area (Å²) in [5.41, 5.74) is 0.218. The summed E-state index contributed by atoms with van der Waals surface area (Å²) >= 11 is 7.45. The Morgan fingerprint density at radius 1 is 1.24 bits per heavy atom. The normalized spacial score (nSPS) is 16.4. The van der Waals surface area contributed by atoms with Crippen LogP contribution in [-0.2, 0) is 22.6 Å². The van der Waals surface area contributed by atoms with Crippen LogP contribution >= 0.6 is 22.9 Å². The van der Waals surface area contributed by atoms with Gasteiger partial charge < -0.3 is 10.1 Å². The highest BCUT2D eigenvalue weighted by molar-refractivity contribution is 7.17. The average Bonchev–Trinajstić information content (AvgIpc) is 3.40. The molecule has 1 aliphatic heterocycles. The molecule has 1 unspecified atom stereocenters. The number of fused-ring (bicyclic) bond motifs is 1. The number of carbonyl (C=O) groups is 1. The number of amides is 1. The van der Waals surface area contributed by atoms with Crippen molar-refractivity contribution < 1.29 is 9.53 Å². The number of carbonyl (C=O) groups excluding carboxylic acids is 1. The predicted octanol–water partition coefficient (Wildman–Crippen LogP) is 2.22. The van der Waals surface area contributed by atoms with Crippen molar-refractivity contribution in [1.82, 2.24) is 14.5 Å². The Bertz CT molecular complexity index is 1160. The van der Waals surface area contributed by atoms with Gasteiger partial charge in [-0.15, -0.1) is 11.3 Å². The van der Waals surface area contributed by atoms with E-state index in [1.807, 2.05) is 0 Å². The van der Waals surface area contributed by atoms with E-state index in [4.69, 9.17) is 16.3 Å². The van der Waals surface area contributed by atoms with Crippen molar-refractivity contribution in [2.45, 2.75) is 32.0 Å². The van der Waals surface area contributed by atoms with Crippen LogP contribution in [0.1, 0.15) is 18.4 Å². The number of rotatable bonds is 6. The van der Waals surface area contributed by atoms with Crippen molar-refractivity contribution >= 4 is 39.1 Å². The second-order valence-electron chi connectivity index (χ2n) is 6.93. The number of thiophene rings is 1. The fraction of sp³-hybridized carbons (Fsp3) is 0.350. The van der Waals surface area contributed by atoms with E-state index in [2.05, 4.69) is 5.32 Å². The molecule has 3 aromatic rings. The summed E-state index contributed by atoms with van der Waals surface area (Å²) in [5, 5.41) is 5.04. The van der Waals surface area contributed by atoms with Crippen molar-refractivity contribution in [1.29, 1.82) is 0 Å². The third-order valence-corrected chi connectivity index (χ3v) is 6.24. The lowest BCUT2D eigenvalue weighted by Gasteiger charge is -2.14. The van der Waals surface area contributed by atoms with Gasteiger partial charge in [0, 0.05) is 18.2 Å². The Hall–Kier alpha value is -2.42. The van der Waals surface area contributed by atoms with Gasteiger partial charge >= 0.3 is 5.69 Å². The van der Waals surface area contributed by atoms with E-state index in [1.54, 1.807) is 35.7 Å². The lowest BCUT2D eigenvalue weighted by atomic mass is 10.2. The maximum absolute atomic E-state index is 13.1. The summed E-state index contributed by atoms with van der Waals surface area (Å²) in [6.45, 7) is 1.01. The first kappa shape index (κ1) is 19.9. The van der Waals surface area contributed by atoms with Crippen molar-refractivity contribution in [3.05, 3.63) is 67.1 Å². The molecule has 4 rings (SSSR count). The third-order valence-electron chi connectivity index (χ3n) is 4.98. The zero-order chi connectivity index (χ0) is 20.4. The van der Waals surface area contributed by atoms with Gasteiger partial charge in [-0.1, -0.05) is 29.8 Å². The molecule has 0 radical (unpaired) electrons. The lowest BCUT2D eigenvalue weighted by molar-refractivity contribution is -0.122. The number of aromatic nitrogens is 2. The number of hydrogen-bond acceptors (Lipinski definition) is 5. The van der Waals surface area contributed by atoms with E-state index < -0.39 is 5.69 Å². The molecule has 1 aromatic carbocycles. The molecule has 3 heterocycles. The molecule has 1 aliphatic rings. The quantitative estimate of drug-likeness (QED) is 0.646. The number of hydrogen-bond donors (Lipinski definition) is 1. The fourth-order valence-electron chi connectivity index (χ4n) is 3.45. The van der Waals surface area contributed by atoms with Crippen molar-refractivity contribution in [3.63, 3.8) is 0 Å². The molecule has 0 bridgehead atoms. The van der Waals surface area contributed by atoms with Crippen LogP contribution in [0, 0.1) is 0 Å². The predicted molar refractivity (Wildman–Crippen MR) is 113 cm³/mol. The smallest absolute Gasteiger partial charge is 0.332 e. The summed E-state index contributed by atoms with van der Waals surface area (Å²) in [5.74, 6) is -0.293. The minimum atomic E-state index is -0.534. The lowest BCUT2D eigenvalue weighted by Crippen LogP contribution is -2.43. The van der Waals surface area contributed by atoms with Gasteiger partial charge in [0.2, 0.25) is 5.91 Å². The van der Waals surface area contributed by atoms with Gasteiger partial charge in [0.1, 0.15) is 11.2 Å². The molecule has 1 N–H and O–H groups in total. The fourth-order valence-corrected chi connectivity index (χ4v) is 4.49. The summed E-state index contributed by atoms with van der Waals surface area (Å²) in [6.07, 6.45) is 1.92. The molecule has 0 aliphatic carbocycles. The molecule has 29 heavy (non-hydrogen) atoms. The summed E-state index contributed by atoms with van der Waals surface area (Å²) in [7, 11) is 0. The second-order valence-corrected chi connectivity index (χ2v) is 8.25. The first-order chi connectivity index (χ1) is 14.0. The molecule has 1 fully saturated rings. The maximum Gasteiger partial charge on any atom is 0.332 e. The molecule has 1 atom stereocenters. The zero-order valence-corrected chi connectivity index (χ0v) is 17.2. The monoisotopic (exact) mass is 433 g/mol. The number of ether oxygens (including phenoxy) is 1. The topological polar surface area (TPSA) is 82.3 Å². The standard InChI is InChI=1S/C20H20ClN3O4S/c21-15-6-2-1-4-13(15)11-24-19(26)18-16(7-9-29-18)23(20(24)27)12-17(25)22-10-14-5-3-8-28-14/h1-2,4,6-7,9,14H,3,5,8,10-12H2,(H,22,25). The Kier molecular flexibility index (Phi) is 5.84. The number of benzene rings is 1. The van der Waals surface area contributed by atoms with Crippen LogP contribution in [0.4, 0.5) is 0 Å². The first-order valence-corrected chi connectivity index (χ1v) is 10.6. The van der Waals surface area contributed by atoms with Gasteiger partial charge in [-0.2, -0.15) is 0 Å². The summed E-state index contributed by atoms with van der Waals surface area (Å²) in [6, 6.07) is 8.75. The number of halogens is 1. The minimum absolute atomic E-state index is 0.0195. The molecule has 7 nitrogen and oxygen atoms in total. The van der Waals surface area contributed by atoms with E-state index in [-0.39, 0.29) is 30.7 Å². The van der Waals surface area contributed by atoms with Crippen molar-refractivity contribution in [2.24, 2.45) is 0 Å². The Labute approximate surface area is 175 Å². The zero-order valence-electron chi connectivity index (χ0n) is 15.6. The summed E-state index contributed by atoms with van der Waals surface area (Å²) in [4.78, 5) is 38.4. The van der Waals surface area contributed by atoms with E-state index in [1.165, 1.54) is 15.9 Å².